The van der Waals surface area contributed by atoms with E-state index in [4.69, 9.17) is 32.4 Å². The number of hydrogen-bond acceptors (Lipinski definition) is 10. The molecule has 0 bridgehead atoms. The number of rotatable bonds is 3. The van der Waals surface area contributed by atoms with Crippen LogP contribution < -0.4 is 22.9 Å². The minimum Gasteiger partial charge on any atom is -0.389 e. The summed E-state index contributed by atoms with van der Waals surface area (Å²) in [6, 6.07) is -2.34. The largest absolute Gasteiger partial charge is 0.389 e. The quantitative estimate of drug-likeness (QED) is 0.217. The molecule has 23 heavy (non-hydrogen) atoms. The molecule has 0 aromatic heterocycles. The molecule has 1 saturated heterocycles. The first-order valence-electron chi connectivity index (χ1n) is 7.28. The number of aliphatic hydroxyl groups is 4. The predicted molar refractivity (Wildman–Crippen MR) is 75.2 cm³/mol. The van der Waals surface area contributed by atoms with Gasteiger partial charge in [0, 0.05) is 35.7 Å². The summed E-state index contributed by atoms with van der Waals surface area (Å²) in [5.41, 5.74) is 22.8. The average Bonchev–Trinajstić information content (AvgIpc) is 2.49. The molecule has 2 aliphatic rings. The second-order valence-corrected chi connectivity index (χ2v) is 5.98. The average molecular weight is 386 g/mol. The van der Waals surface area contributed by atoms with E-state index in [9.17, 15) is 20.4 Å². The van der Waals surface area contributed by atoms with Gasteiger partial charge in [0.25, 0.3) is 0 Å². The van der Waals surface area contributed by atoms with Gasteiger partial charge in [-0.25, -0.2) is 0 Å². The third kappa shape index (κ3) is 4.21. The molecule has 141 valence electrons. The van der Waals surface area contributed by atoms with E-state index in [-0.39, 0.29) is 30.0 Å². The Balaban J connectivity index is 0.00000264. The molecule has 1 radical (unpaired) electrons. The van der Waals surface area contributed by atoms with E-state index in [1.165, 1.54) is 0 Å². The first-order chi connectivity index (χ1) is 10.3. The SMILES string of the molecule is NC[C@H]1O[C@H](O[C@H]2[C@H](O)[C@@H](O)[C@H](N)C[C@@H]2N)[C@H](N)[C@@H](O)[C@@H]1O.[Cu]. The van der Waals surface area contributed by atoms with Crippen LogP contribution in [0.3, 0.4) is 0 Å². The Morgan fingerprint density at radius 2 is 1.52 bits per heavy atom. The summed E-state index contributed by atoms with van der Waals surface area (Å²) < 4.78 is 11.0. The van der Waals surface area contributed by atoms with Gasteiger partial charge in [0.05, 0.1) is 12.1 Å². The smallest absolute Gasteiger partial charge is 0.176 e. The minimum absolute atomic E-state index is 0. The predicted octanol–water partition coefficient (Wildman–Crippen LogP) is -5.12. The Labute approximate surface area is 144 Å². The topological polar surface area (TPSA) is 203 Å². The van der Waals surface area contributed by atoms with Crippen LogP contribution in [0.5, 0.6) is 0 Å². The zero-order valence-electron chi connectivity index (χ0n) is 12.4. The maximum absolute atomic E-state index is 10.1. The van der Waals surface area contributed by atoms with Crippen molar-refractivity contribution in [3.8, 4) is 0 Å². The van der Waals surface area contributed by atoms with E-state index in [0.717, 1.165) is 0 Å². The summed E-state index contributed by atoms with van der Waals surface area (Å²) in [6.45, 7) is -0.0441. The Bertz CT molecular complexity index is 381. The summed E-state index contributed by atoms with van der Waals surface area (Å²) in [6.07, 6.45) is -7.73. The third-order valence-electron chi connectivity index (χ3n) is 4.36. The van der Waals surface area contributed by atoms with Gasteiger partial charge in [0.1, 0.15) is 30.5 Å². The molecule has 0 aromatic rings. The van der Waals surface area contributed by atoms with Crippen LogP contribution in [0, 0.1) is 0 Å². The summed E-state index contributed by atoms with van der Waals surface area (Å²) in [7, 11) is 0. The second-order valence-electron chi connectivity index (χ2n) is 5.98. The van der Waals surface area contributed by atoms with Crippen LogP contribution in [0.4, 0.5) is 0 Å². The van der Waals surface area contributed by atoms with Crippen molar-refractivity contribution in [2.75, 3.05) is 6.54 Å². The molecule has 0 amide bonds. The van der Waals surface area contributed by atoms with Gasteiger partial charge in [-0.15, -0.1) is 0 Å². The van der Waals surface area contributed by atoms with E-state index in [2.05, 4.69) is 0 Å². The van der Waals surface area contributed by atoms with Crippen molar-refractivity contribution >= 4 is 0 Å². The molecule has 1 aliphatic heterocycles. The van der Waals surface area contributed by atoms with Crippen molar-refractivity contribution in [2.45, 2.75) is 67.5 Å². The van der Waals surface area contributed by atoms with Crippen molar-refractivity contribution in [1.82, 2.24) is 0 Å². The molecule has 11 heteroatoms. The fourth-order valence-electron chi connectivity index (χ4n) is 2.89. The van der Waals surface area contributed by atoms with E-state index >= 15 is 0 Å². The third-order valence-corrected chi connectivity index (χ3v) is 4.36. The number of aliphatic hydroxyl groups excluding tert-OH is 4. The van der Waals surface area contributed by atoms with Gasteiger partial charge in [-0.05, 0) is 6.42 Å². The second kappa shape index (κ2) is 8.47. The maximum atomic E-state index is 10.1. The van der Waals surface area contributed by atoms with Crippen molar-refractivity contribution in [1.29, 1.82) is 0 Å². The van der Waals surface area contributed by atoms with Crippen LogP contribution >= 0.6 is 0 Å². The normalized spacial score (nSPS) is 51.1. The van der Waals surface area contributed by atoms with Gasteiger partial charge in [-0.1, -0.05) is 0 Å². The summed E-state index contributed by atoms with van der Waals surface area (Å²) >= 11 is 0. The van der Waals surface area contributed by atoms with E-state index in [0.29, 0.717) is 0 Å². The molecule has 0 unspecified atom stereocenters. The summed E-state index contributed by atoms with van der Waals surface area (Å²) in [5, 5.41) is 39.6. The van der Waals surface area contributed by atoms with Crippen LogP contribution in [0.2, 0.25) is 0 Å². The minimum atomic E-state index is -1.31. The van der Waals surface area contributed by atoms with E-state index in [1.807, 2.05) is 0 Å². The monoisotopic (exact) mass is 385 g/mol. The number of ether oxygens (including phenoxy) is 2. The molecule has 1 saturated carbocycles. The molecule has 1 heterocycles. The van der Waals surface area contributed by atoms with Gasteiger partial charge in [-0.3, -0.25) is 0 Å². The Hall–Kier alpha value is 0.119. The van der Waals surface area contributed by atoms with Crippen molar-refractivity contribution in [2.24, 2.45) is 22.9 Å². The molecule has 12 N–H and O–H groups in total. The van der Waals surface area contributed by atoms with Crippen molar-refractivity contribution in [3.63, 3.8) is 0 Å². The Morgan fingerprint density at radius 1 is 0.913 bits per heavy atom. The maximum Gasteiger partial charge on any atom is 0.176 e. The van der Waals surface area contributed by atoms with Crippen LogP contribution in [-0.4, -0.2) is 88.0 Å². The van der Waals surface area contributed by atoms with Gasteiger partial charge >= 0.3 is 0 Å². The fourth-order valence-corrected chi connectivity index (χ4v) is 2.89. The number of nitrogens with two attached hydrogens (primary N) is 4. The molecule has 1 aliphatic carbocycles. The zero-order chi connectivity index (χ0) is 16.6. The summed E-state index contributed by atoms with van der Waals surface area (Å²) in [4.78, 5) is 0. The molecule has 2 fully saturated rings. The molecule has 10 atom stereocenters. The molecule has 10 nitrogen and oxygen atoms in total. The first kappa shape index (κ1) is 21.2. The number of hydrogen-bond donors (Lipinski definition) is 8. The van der Waals surface area contributed by atoms with Crippen molar-refractivity contribution < 1.29 is 47.0 Å². The van der Waals surface area contributed by atoms with Gasteiger partial charge in [0.15, 0.2) is 6.29 Å². The van der Waals surface area contributed by atoms with Crippen LogP contribution in [0.1, 0.15) is 6.42 Å². The van der Waals surface area contributed by atoms with Crippen LogP contribution in [0.15, 0.2) is 0 Å². The summed E-state index contributed by atoms with van der Waals surface area (Å²) in [5.74, 6) is 0. The zero-order valence-corrected chi connectivity index (χ0v) is 13.3. The fraction of sp³-hybridized carbons (Fsp3) is 1.00. The molecular formula is C12H26CuN4O6. The van der Waals surface area contributed by atoms with Gasteiger partial charge in [-0.2, -0.15) is 0 Å². The van der Waals surface area contributed by atoms with E-state index in [1.54, 1.807) is 0 Å². The van der Waals surface area contributed by atoms with Crippen LogP contribution in [0.25, 0.3) is 0 Å². The van der Waals surface area contributed by atoms with Crippen LogP contribution in [-0.2, 0) is 26.5 Å². The Morgan fingerprint density at radius 3 is 2.09 bits per heavy atom. The van der Waals surface area contributed by atoms with Gasteiger partial charge < -0.3 is 52.8 Å². The van der Waals surface area contributed by atoms with E-state index < -0.39 is 61.0 Å². The van der Waals surface area contributed by atoms with Crippen molar-refractivity contribution in [3.05, 3.63) is 0 Å². The molecular weight excluding hydrogens is 360 g/mol. The first-order valence-corrected chi connectivity index (χ1v) is 7.28. The standard InChI is InChI=1S/C12H26N4O6.Cu/c13-2-5-8(18)9(19)6(16)12(21-5)22-11-4(15)1-3(14)7(17)10(11)20;/h3-12,17-20H,1-2,13-16H2;/t3-,4+,5-,6-,7+,8-,9-,10-,11-,12-;/m1./s1. The Kier molecular flexibility index (Phi) is 7.80. The molecule has 0 spiro atoms. The van der Waals surface area contributed by atoms with Gasteiger partial charge in [0.2, 0.25) is 0 Å². The molecule has 2 rings (SSSR count). The molecule has 0 aromatic carbocycles.